The highest BCUT2D eigenvalue weighted by molar-refractivity contribution is 7.98. The van der Waals surface area contributed by atoms with Crippen molar-refractivity contribution in [2.45, 2.75) is 44.6 Å². The summed E-state index contributed by atoms with van der Waals surface area (Å²) in [6.45, 7) is 8.05. The van der Waals surface area contributed by atoms with Gasteiger partial charge in [-0.1, -0.05) is 77.5 Å². The molecule has 6 heteroatoms. The first-order valence-corrected chi connectivity index (χ1v) is 12.0. The molecule has 1 aromatic heterocycles. The van der Waals surface area contributed by atoms with E-state index in [9.17, 15) is 4.79 Å². The zero-order valence-electron chi connectivity index (χ0n) is 19.4. The van der Waals surface area contributed by atoms with Crippen molar-refractivity contribution in [2.75, 3.05) is 0 Å². The maximum Gasteiger partial charge on any atom is 0.252 e. The van der Waals surface area contributed by atoms with Crippen LogP contribution in [-0.4, -0.2) is 20.7 Å². The summed E-state index contributed by atoms with van der Waals surface area (Å²) in [5, 5.41) is 12.9. The van der Waals surface area contributed by atoms with Crippen LogP contribution in [0.2, 0.25) is 0 Å². The fraction of sp³-hybridized carbons (Fsp3) is 0.222. The van der Waals surface area contributed by atoms with Gasteiger partial charge in [0.25, 0.3) is 5.91 Å². The number of rotatable bonds is 7. The molecule has 1 N–H and O–H groups in total. The van der Waals surface area contributed by atoms with Gasteiger partial charge < -0.3 is 5.32 Å². The average Bonchev–Trinajstić information content (AvgIpc) is 3.22. The van der Waals surface area contributed by atoms with Gasteiger partial charge in [-0.25, -0.2) is 0 Å². The molecule has 1 unspecified atom stereocenters. The molecule has 0 aliphatic heterocycles. The lowest BCUT2D eigenvalue weighted by Crippen LogP contribution is -2.29. The van der Waals surface area contributed by atoms with Crippen LogP contribution in [0.5, 0.6) is 0 Å². The summed E-state index contributed by atoms with van der Waals surface area (Å²) in [6, 6.07) is 24.0. The number of aryl methyl sites for hydroxylation is 3. The smallest absolute Gasteiger partial charge is 0.252 e. The molecule has 0 saturated heterocycles. The van der Waals surface area contributed by atoms with Gasteiger partial charge in [-0.3, -0.25) is 9.36 Å². The van der Waals surface area contributed by atoms with E-state index in [1.54, 1.807) is 11.8 Å². The monoisotopic (exact) mass is 456 g/mol. The minimum Gasteiger partial charge on any atom is -0.342 e. The van der Waals surface area contributed by atoms with E-state index < -0.39 is 0 Å². The Hall–Kier alpha value is -3.38. The van der Waals surface area contributed by atoms with Crippen molar-refractivity contribution >= 4 is 17.7 Å². The molecular formula is C27H28N4OS. The Morgan fingerprint density at radius 1 is 0.939 bits per heavy atom. The van der Waals surface area contributed by atoms with Crippen LogP contribution in [0.1, 0.15) is 51.4 Å². The summed E-state index contributed by atoms with van der Waals surface area (Å²) < 4.78 is 2.04. The number of benzene rings is 3. The van der Waals surface area contributed by atoms with Gasteiger partial charge in [-0.05, 0) is 57.0 Å². The van der Waals surface area contributed by atoms with Crippen molar-refractivity contribution in [3.05, 3.63) is 106 Å². The highest BCUT2D eigenvalue weighted by Crippen LogP contribution is 2.28. The summed E-state index contributed by atoms with van der Waals surface area (Å²) in [5.74, 6) is 1.37. The predicted octanol–water partition coefficient (Wildman–Crippen LogP) is 5.98. The fourth-order valence-electron chi connectivity index (χ4n) is 3.71. The minimum absolute atomic E-state index is 0.118. The Labute approximate surface area is 199 Å². The van der Waals surface area contributed by atoms with E-state index >= 15 is 0 Å². The zero-order chi connectivity index (χ0) is 23.4. The van der Waals surface area contributed by atoms with E-state index in [1.807, 2.05) is 42.7 Å². The Balaban J connectivity index is 1.63. The molecule has 4 rings (SSSR count). The molecule has 3 aromatic carbocycles. The van der Waals surface area contributed by atoms with E-state index in [0.29, 0.717) is 11.4 Å². The van der Waals surface area contributed by atoms with Crippen LogP contribution in [0, 0.1) is 20.8 Å². The first-order chi connectivity index (χ1) is 15.9. The molecule has 0 spiro atoms. The molecule has 0 aliphatic carbocycles. The molecule has 0 fully saturated rings. The molecular weight excluding hydrogens is 428 g/mol. The number of carbonyl (C=O) groups is 1. The number of nitrogens with one attached hydrogen (secondary N) is 1. The Bertz CT molecular complexity index is 1260. The highest BCUT2D eigenvalue weighted by Gasteiger charge is 2.22. The summed E-state index contributed by atoms with van der Waals surface area (Å²) in [7, 11) is 0. The van der Waals surface area contributed by atoms with E-state index in [-0.39, 0.29) is 11.9 Å². The van der Waals surface area contributed by atoms with Crippen LogP contribution in [-0.2, 0) is 5.75 Å². The van der Waals surface area contributed by atoms with Crippen molar-refractivity contribution in [2.24, 2.45) is 0 Å². The molecule has 1 heterocycles. The first-order valence-electron chi connectivity index (χ1n) is 11.0. The lowest BCUT2D eigenvalue weighted by Gasteiger charge is -2.17. The predicted molar refractivity (Wildman–Crippen MR) is 134 cm³/mol. The summed E-state index contributed by atoms with van der Waals surface area (Å²) >= 11 is 1.64. The third-order valence-electron chi connectivity index (χ3n) is 5.53. The van der Waals surface area contributed by atoms with Gasteiger partial charge in [0.05, 0.1) is 6.04 Å². The normalized spacial score (nSPS) is 11.9. The number of hydrogen-bond acceptors (Lipinski definition) is 4. The van der Waals surface area contributed by atoms with E-state index in [4.69, 9.17) is 0 Å². The third-order valence-corrected chi connectivity index (χ3v) is 6.53. The highest BCUT2D eigenvalue weighted by atomic mass is 32.2. The van der Waals surface area contributed by atoms with Crippen molar-refractivity contribution in [3.63, 3.8) is 0 Å². The van der Waals surface area contributed by atoms with Gasteiger partial charge in [-0.2, -0.15) is 0 Å². The Kier molecular flexibility index (Phi) is 6.94. The molecule has 1 amide bonds. The summed E-state index contributed by atoms with van der Waals surface area (Å²) in [5.41, 5.74) is 6.24. The Morgan fingerprint density at radius 2 is 1.70 bits per heavy atom. The van der Waals surface area contributed by atoms with Crippen LogP contribution in [0.25, 0.3) is 5.69 Å². The summed E-state index contributed by atoms with van der Waals surface area (Å²) in [4.78, 5) is 12.9. The maximum atomic E-state index is 12.9. The van der Waals surface area contributed by atoms with Gasteiger partial charge in [-0.15, -0.1) is 10.2 Å². The quantitative estimate of drug-likeness (QED) is 0.348. The molecule has 0 bridgehead atoms. The molecule has 4 aromatic rings. The molecule has 0 saturated carbocycles. The Morgan fingerprint density at radius 3 is 2.42 bits per heavy atom. The van der Waals surface area contributed by atoms with Gasteiger partial charge in [0, 0.05) is 17.0 Å². The zero-order valence-corrected chi connectivity index (χ0v) is 20.2. The molecule has 0 radical (unpaired) electrons. The summed E-state index contributed by atoms with van der Waals surface area (Å²) in [6.07, 6.45) is 0. The first kappa shape index (κ1) is 22.8. The molecule has 1 atom stereocenters. The second-order valence-corrected chi connectivity index (χ2v) is 9.24. The van der Waals surface area contributed by atoms with Crippen molar-refractivity contribution in [1.29, 1.82) is 0 Å². The van der Waals surface area contributed by atoms with Gasteiger partial charge in [0.15, 0.2) is 11.0 Å². The van der Waals surface area contributed by atoms with Crippen LogP contribution < -0.4 is 5.32 Å². The number of nitrogens with zero attached hydrogens (tertiary/aromatic N) is 3. The van der Waals surface area contributed by atoms with E-state index in [2.05, 4.69) is 77.9 Å². The van der Waals surface area contributed by atoms with E-state index in [0.717, 1.165) is 22.2 Å². The molecule has 33 heavy (non-hydrogen) atoms. The number of carbonyl (C=O) groups excluding carboxylic acids is 1. The van der Waals surface area contributed by atoms with Crippen LogP contribution >= 0.6 is 11.8 Å². The lowest BCUT2D eigenvalue weighted by atomic mass is 10.1. The van der Waals surface area contributed by atoms with Gasteiger partial charge >= 0.3 is 0 Å². The molecule has 5 nitrogen and oxygen atoms in total. The lowest BCUT2D eigenvalue weighted by molar-refractivity contribution is 0.0937. The minimum atomic E-state index is -0.320. The average molecular weight is 457 g/mol. The second-order valence-electron chi connectivity index (χ2n) is 8.30. The molecule has 0 aliphatic rings. The topological polar surface area (TPSA) is 59.8 Å². The van der Waals surface area contributed by atoms with E-state index in [1.165, 1.54) is 16.7 Å². The second kappa shape index (κ2) is 10.0. The van der Waals surface area contributed by atoms with Crippen LogP contribution in [0.4, 0.5) is 0 Å². The fourth-order valence-corrected chi connectivity index (χ4v) is 4.61. The van der Waals surface area contributed by atoms with Gasteiger partial charge in [0.1, 0.15) is 0 Å². The standard InChI is InChI=1S/C27H28N4OS/c1-18-12-14-23(15-13-18)31-25(21(4)28-26(32)24-11-6-5-9-20(24)3)29-30-27(31)33-17-22-10-7-8-19(2)16-22/h5-16,21H,17H2,1-4H3,(H,28,32). The third kappa shape index (κ3) is 5.34. The number of amides is 1. The van der Waals surface area contributed by atoms with Crippen molar-refractivity contribution in [3.8, 4) is 5.69 Å². The number of thioether (sulfide) groups is 1. The largest absolute Gasteiger partial charge is 0.342 e. The van der Waals surface area contributed by atoms with Crippen LogP contribution in [0.15, 0.2) is 78.0 Å². The van der Waals surface area contributed by atoms with Crippen LogP contribution in [0.3, 0.4) is 0 Å². The number of hydrogen-bond donors (Lipinski definition) is 1. The molecule has 168 valence electrons. The SMILES string of the molecule is Cc1ccc(-n2c(SCc3cccc(C)c3)nnc2C(C)NC(=O)c2ccccc2C)cc1. The van der Waals surface area contributed by atoms with Crippen molar-refractivity contribution < 1.29 is 4.79 Å². The number of aromatic nitrogens is 3. The van der Waals surface area contributed by atoms with Gasteiger partial charge in [0.2, 0.25) is 0 Å². The maximum absolute atomic E-state index is 12.9. The van der Waals surface area contributed by atoms with Crippen molar-refractivity contribution in [1.82, 2.24) is 20.1 Å².